The highest BCUT2D eigenvalue weighted by molar-refractivity contribution is 6.29. The predicted octanol–water partition coefficient (Wildman–Crippen LogP) is 3.87. The summed E-state index contributed by atoms with van der Waals surface area (Å²) in [6.45, 7) is 12.2. The van der Waals surface area contributed by atoms with E-state index in [9.17, 15) is 0 Å². The smallest absolute Gasteiger partial charge is 0.124 e. The Bertz CT molecular complexity index is 401. The molecule has 0 aliphatic rings. The van der Waals surface area contributed by atoms with Gasteiger partial charge in [-0.1, -0.05) is 49.7 Å². The molecule has 2 nitrogen and oxygen atoms in total. The van der Waals surface area contributed by atoms with Crippen LogP contribution in [0, 0.1) is 12.8 Å². The molecule has 0 aliphatic heterocycles. The first-order valence-corrected chi connectivity index (χ1v) is 6.63. The standard InChI is InChI=1S/C15H22ClNO/c1-11(2)8-17-9-14-7-12(3)5-6-15(14)18-10-13(4)16/h5-7,11,17H,4,8-10H2,1-3H3. The quantitative estimate of drug-likeness (QED) is 0.810. The zero-order chi connectivity index (χ0) is 13.5. The van der Waals surface area contributed by atoms with Gasteiger partial charge in [0.15, 0.2) is 0 Å². The summed E-state index contributed by atoms with van der Waals surface area (Å²) in [5.41, 5.74) is 2.39. The van der Waals surface area contributed by atoms with Crippen LogP contribution in [0.1, 0.15) is 25.0 Å². The van der Waals surface area contributed by atoms with Crippen LogP contribution in [0.5, 0.6) is 5.75 Å². The number of halogens is 1. The molecule has 0 aliphatic carbocycles. The van der Waals surface area contributed by atoms with Crippen molar-refractivity contribution in [2.75, 3.05) is 13.2 Å². The minimum atomic E-state index is 0.349. The van der Waals surface area contributed by atoms with E-state index < -0.39 is 0 Å². The lowest BCUT2D eigenvalue weighted by Crippen LogP contribution is -2.19. The molecule has 0 saturated carbocycles. The van der Waals surface area contributed by atoms with Crippen molar-refractivity contribution >= 4 is 11.6 Å². The molecule has 0 spiro atoms. The van der Waals surface area contributed by atoms with Gasteiger partial charge in [-0.2, -0.15) is 0 Å². The van der Waals surface area contributed by atoms with Crippen molar-refractivity contribution in [1.82, 2.24) is 5.32 Å². The summed E-state index contributed by atoms with van der Waals surface area (Å²) in [6.07, 6.45) is 0. The van der Waals surface area contributed by atoms with E-state index in [0.717, 1.165) is 24.4 Å². The molecule has 0 bridgehead atoms. The van der Waals surface area contributed by atoms with Gasteiger partial charge in [-0.25, -0.2) is 0 Å². The number of nitrogens with one attached hydrogen (secondary N) is 1. The molecule has 1 N–H and O–H groups in total. The van der Waals surface area contributed by atoms with Gasteiger partial charge in [-0.05, 0) is 25.5 Å². The van der Waals surface area contributed by atoms with Crippen molar-refractivity contribution in [3.05, 3.63) is 40.9 Å². The fraction of sp³-hybridized carbons (Fsp3) is 0.467. The van der Waals surface area contributed by atoms with Crippen LogP contribution in [-0.4, -0.2) is 13.2 Å². The Kier molecular flexibility index (Phi) is 6.23. The number of hydrogen-bond acceptors (Lipinski definition) is 2. The minimum absolute atomic E-state index is 0.349. The topological polar surface area (TPSA) is 21.3 Å². The normalized spacial score (nSPS) is 10.7. The average molecular weight is 268 g/mol. The van der Waals surface area contributed by atoms with Gasteiger partial charge < -0.3 is 10.1 Å². The Labute approximate surface area is 115 Å². The molecule has 0 unspecified atom stereocenters. The third-order valence-corrected chi connectivity index (χ3v) is 2.58. The lowest BCUT2D eigenvalue weighted by molar-refractivity contribution is 0.353. The lowest BCUT2D eigenvalue weighted by atomic mass is 10.1. The van der Waals surface area contributed by atoms with Crippen molar-refractivity contribution in [3.63, 3.8) is 0 Å². The van der Waals surface area contributed by atoms with E-state index in [4.69, 9.17) is 16.3 Å². The first kappa shape index (κ1) is 15.1. The van der Waals surface area contributed by atoms with E-state index >= 15 is 0 Å². The van der Waals surface area contributed by atoms with Crippen LogP contribution in [-0.2, 0) is 6.54 Å². The number of benzene rings is 1. The zero-order valence-corrected chi connectivity index (χ0v) is 12.2. The first-order chi connectivity index (χ1) is 8.49. The number of ether oxygens (including phenoxy) is 1. The molecule has 1 aromatic rings. The van der Waals surface area contributed by atoms with Crippen LogP contribution in [0.4, 0.5) is 0 Å². The molecular weight excluding hydrogens is 246 g/mol. The molecule has 18 heavy (non-hydrogen) atoms. The van der Waals surface area contributed by atoms with Crippen molar-refractivity contribution in [2.45, 2.75) is 27.3 Å². The molecule has 1 rings (SSSR count). The maximum absolute atomic E-state index is 5.72. The van der Waals surface area contributed by atoms with Crippen LogP contribution in [0.15, 0.2) is 29.8 Å². The van der Waals surface area contributed by atoms with E-state index in [2.05, 4.69) is 38.7 Å². The number of aryl methyl sites for hydroxylation is 1. The Morgan fingerprint density at radius 3 is 2.78 bits per heavy atom. The van der Waals surface area contributed by atoms with Crippen LogP contribution >= 0.6 is 11.6 Å². The van der Waals surface area contributed by atoms with Gasteiger partial charge in [-0.15, -0.1) is 0 Å². The third-order valence-electron chi connectivity index (χ3n) is 2.47. The molecule has 0 atom stereocenters. The number of rotatable bonds is 7. The Morgan fingerprint density at radius 2 is 2.17 bits per heavy atom. The van der Waals surface area contributed by atoms with Gasteiger partial charge >= 0.3 is 0 Å². The maximum atomic E-state index is 5.72. The van der Waals surface area contributed by atoms with Crippen molar-refractivity contribution < 1.29 is 4.74 Å². The molecule has 0 aromatic heterocycles. The molecule has 0 radical (unpaired) electrons. The monoisotopic (exact) mass is 267 g/mol. The SMILES string of the molecule is C=C(Cl)COc1ccc(C)cc1CNCC(C)C. The Hall–Kier alpha value is -0.990. The van der Waals surface area contributed by atoms with E-state index in [-0.39, 0.29) is 0 Å². The van der Waals surface area contributed by atoms with Gasteiger partial charge in [-0.3, -0.25) is 0 Å². The molecule has 0 amide bonds. The second-order valence-corrected chi connectivity index (χ2v) is 5.48. The molecule has 0 heterocycles. The van der Waals surface area contributed by atoms with Crippen molar-refractivity contribution in [3.8, 4) is 5.75 Å². The third kappa shape index (κ3) is 5.56. The van der Waals surface area contributed by atoms with Gasteiger partial charge in [0.1, 0.15) is 12.4 Å². The summed E-state index contributed by atoms with van der Waals surface area (Å²) >= 11 is 5.72. The molecule has 3 heteroatoms. The summed E-state index contributed by atoms with van der Waals surface area (Å²) < 4.78 is 5.64. The highest BCUT2D eigenvalue weighted by Crippen LogP contribution is 2.21. The first-order valence-electron chi connectivity index (χ1n) is 6.25. The van der Waals surface area contributed by atoms with Crippen molar-refractivity contribution in [2.24, 2.45) is 5.92 Å². The molecule has 1 aromatic carbocycles. The fourth-order valence-electron chi connectivity index (χ4n) is 1.64. The summed E-state index contributed by atoms with van der Waals surface area (Å²) in [5.74, 6) is 1.51. The Balaban J connectivity index is 2.67. The van der Waals surface area contributed by atoms with Crippen LogP contribution in [0.2, 0.25) is 0 Å². The average Bonchev–Trinajstić information content (AvgIpc) is 2.27. The molecule has 100 valence electrons. The van der Waals surface area contributed by atoms with E-state index in [1.807, 2.05) is 12.1 Å². The van der Waals surface area contributed by atoms with Crippen molar-refractivity contribution in [1.29, 1.82) is 0 Å². The molecular formula is C15H22ClNO. The van der Waals surface area contributed by atoms with Crippen LogP contribution in [0.25, 0.3) is 0 Å². The predicted molar refractivity (Wildman–Crippen MR) is 78.2 cm³/mol. The van der Waals surface area contributed by atoms with Gasteiger partial charge in [0.25, 0.3) is 0 Å². The van der Waals surface area contributed by atoms with Gasteiger partial charge in [0.2, 0.25) is 0 Å². The summed E-state index contributed by atoms with van der Waals surface area (Å²) in [6, 6.07) is 6.17. The maximum Gasteiger partial charge on any atom is 0.124 e. The molecule has 0 saturated heterocycles. The second kappa shape index (κ2) is 7.45. The highest BCUT2D eigenvalue weighted by atomic mass is 35.5. The summed E-state index contributed by atoms with van der Waals surface area (Å²) in [7, 11) is 0. The molecule has 0 fully saturated rings. The van der Waals surface area contributed by atoms with Crippen LogP contribution < -0.4 is 10.1 Å². The largest absolute Gasteiger partial charge is 0.488 e. The second-order valence-electron chi connectivity index (χ2n) is 4.94. The highest BCUT2D eigenvalue weighted by Gasteiger charge is 2.05. The van der Waals surface area contributed by atoms with E-state index in [1.54, 1.807) is 0 Å². The number of hydrogen-bond donors (Lipinski definition) is 1. The zero-order valence-electron chi connectivity index (χ0n) is 11.4. The minimum Gasteiger partial charge on any atom is -0.488 e. The Morgan fingerprint density at radius 1 is 1.44 bits per heavy atom. The lowest BCUT2D eigenvalue weighted by Gasteiger charge is -2.13. The summed E-state index contributed by atoms with van der Waals surface area (Å²) in [5, 5.41) is 3.93. The van der Waals surface area contributed by atoms with Gasteiger partial charge in [0, 0.05) is 17.1 Å². The van der Waals surface area contributed by atoms with Crippen LogP contribution in [0.3, 0.4) is 0 Å². The van der Waals surface area contributed by atoms with E-state index in [1.165, 1.54) is 5.56 Å². The summed E-state index contributed by atoms with van der Waals surface area (Å²) in [4.78, 5) is 0. The van der Waals surface area contributed by atoms with E-state index in [0.29, 0.717) is 17.6 Å². The van der Waals surface area contributed by atoms with Gasteiger partial charge in [0.05, 0.1) is 0 Å². The fourth-order valence-corrected chi connectivity index (χ4v) is 1.69.